The Balaban J connectivity index is 2.49. The van der Waals surface area contributed by atoms with Crippen molar-refractivity contribution in [3.63, 3.8) is 0 Å². The number of hydrogen-bond acceptors (Lipinski definition) is 3. The molecule has 1 saturated carbocycles. The molecule has 10 heavy (non-hydrogen) atoms. The predicted octanol–water partition coefficient (Wildman–Crippen LogP) is -0.501. The van der Waals surface area contributed by atoms with Crippen molar-refractivity contribution >= 4 is 0 Å². The molecule has 1 aliphatic rings. The molecule has 0 amide bonds. The monoisotopic (exact) mass is 146 g/mol. The second kappa shape index (κ2) is 2.86. The van der Waals surface area contributed by atoms with Gasteiger partial charge in [-0.3, -0.25) is 0 Å². The van der Waals surface area contributed by atoms with E-state index in [9.17, 15) is 5.11 Å². The first-order chi connectivity index (χ1) is 4.63. The highest BCUT2D eigenvalue weighted by molar-refractivity contribution is 4.86. The van der Waals surface area contributed by atoms with Gasteiger partial charge in [0.1, 0.15) is 0 Å². The summed E-state index contributed by atoms with van der Waals surface area (Å²) in [6.07, 6.45) is -0.525. The van der Waals surface area contributed by atoms with Gasteiger partial charge >= 0.3 is 0 Å². The maximum Gasteiger partial charge on any atom is 0.0851 e. The Bertz CT molecular complexity index is 113. The molecule has 0 spiro atoms. The first kappa shape index (κ1) is 7.98. The Kier molecular flexibility index (Phi) is 2.28. The first-order valence-electron chi connectivity index (χ1n) is 3.67. The van der Waals surface area contributed by atoms with E-state index < -0.39 is 18.3 Å². The Hall–Kier alpha value is -0.120. The maximum absolute atomic E-state index is 9.22. The molecule has 3 nitrogen and oxygen atoms in total. The third kappa shape index (κ3) is 1.31. The molecular weight excluding hydrogens is 132 g/mol. The largest absolute Gasteiger partial charge is 0.393 e. The second-order valence-electron chi connectivity index (χ2n) is 3.04. The van der Waals surface area contributed by atoms with Gasteiger partial charge in [-0.2, -0.15) is 0 Å². The minimum absolute atomic E-state index is 0.130. The Labute approximate surface area is 60.3 Å². The maximum atomic E-state index is 9.22. The van der Waals surface area contributed by atoms with E-state index in [0.29, 0.717) is 6.42 Å². The lowest BCUT2D eigenvalue weighted by Crippen LogP contribution is -2.31. The van der Waals surface area contributed by atoms with E-state index in [1.807, 2.05) is 0 Å². The molecule has 0 aromatic carbocycles. The summed E-state index contributed by atoms with van der Waals surface area (Å²) in [5, 5.41) is 27.3. The molecule has 0 aromatic rings. The van der Waals surface area contributed by atoms with Gasteiger partial charge in [-0.1, -0.05) is 0 Å². The zero-order chi connectivity index (χ0) is 7.72. The lowest BCUT2D eigenvalue weighted by Gasteiger charge is -2.18. The summed E-state index contributed by atoms with van der Waals surface area (Å²) in [5.74, 6) is -0.130. The van der Waals surface area contributed by atoms with Crippen molar-refractivity contribution in [1.29, 1.82) is 0 Å². The predicted molar refractivity (Wildman–Crippen MR) is 36.4 cm³/mol. The molecule has 0 bridgehead atoms. The smallest absolute Gasteiger partial charge is 0.0851 e. The molecule has 1 aliphatic carbocycles. The fraction of sp³-hybridized carbons (Fsp3) is 1.00. The summed E-state index contributed by atoms with van der Waals surface area (Å²) in [6.45, 7) is 1.64. The van der Waals surface area contributed by atoms with Crippen molar-refractivity contribution in [3.8, 4) is 0 Å². The van der Waals surface area contributed by atoms with Crippen molar-refractivity contribution < 1.29 is 15.3 Å². The Morgan fingerprint density at radius 1 is 1.30 bits per heavy atom. The van der Waals surface area contributed by atoms with Gasteiger partial charge in [0.25, 0.3) is 0 Å². The molecule has 3 heteroatoms. The minimum atomic E-state index is -0.722. The van der Waals surface area contributed by atoms with Gasteiger partial charge in [0.05, 0.1) is 18.3 Å². The van der Waals surface area contributed by atoms with Crippen LogP contribution in [0.4, 0.5) is 0 Å². The highest BCUT2D eigenvalue weighted by Gasteiger charge is 2.35. The van der Waals surface area contributed by atoms with Crippen LogP contribution < -0.4 is 0 Å². The van der Waals surface area contributed by atoms with E-state index in [1.165, 1.54) is 0 Å². The molecule has 3 N–H and O–H groups in total. The van der Waals surface area contributed by atoms with E-state index in [2.05, 4.69) is 0 Å². The Morgan fingerprint density at radius 2 is 1.90 bits per heavy atom. The fourth-order valence-electron chi connectivity index (χ4n) is 1.52. The van der Waals surface area contributed by atoms with E-state index in [0.717, 1.165) is 6.42 Å². The van der Waals surface area contributed by atoms with Gasteiger partial charge in [-0.15, -0.1) is 0 Å². The van der Waals surface area contributed by atoms with E-state index in [-0.39, 0.29) is 5.92 Å². The standard InChI is InChI=1S/C7H14O3/c1-4(8)5-2-3-6(9)7(5)10/h4-10H,2-3H2,1H3/t4-,5+,6-,7+/m0/s1. The van der Waals surface area contributed by atoms with Crippen LogP contribution in [-0.4, -0.2) is 33.6 Å². The normalized spacial score (nSPS) is 43.8. The van der Waals surface area contributed by atoms with E-state index in [1.54, 1.807) is 6.92 Å². The van der Waals surface area contributed by atoms with E-state index >= 15 is 0 Å². The topological polar surface area (TPSA) is 60.7 Å². The molecule has 4 atom stereocenters. The summed E-state index contributed by atoms with van der Waals surface area (Å²) in [4.78, 5) is 0. The zero-order valence-corrected chi connectivity index (χ0v) is 6.07. The van der Waals surface area contributed by atoms with Gasteiger partial charge in [0.2, 0.25) is 0 Å². The first-order valence-corrected chi connectivity index (χ1v) is 3.67. The van der Waals surface area contributed by atoms with Crippen molar-refractivity contribution in [3.05, 3.63) is 0 Å². The highest BCUT2D eigenvalue weighted by atomic mass is 16.3. The molecule has 60 valence electrons. The molecule has 0 unspecified atom stereocenters. The molecule has 0 aromatic heterocycles. The summed E-state index contributed by atoms with van der Waals surface area (Å²) in [6, 6.07) is 0. The summed E-state index contributed by atoms with van der Waals surface area (Å²) in [5.41, 5.74) is 0. The van der Waals surface area contributed by atoms with Crippen molar-refractivity contribution in [1.82, 2.24) is 0 Å². The number of aliphatic hydroxyl groups is 3. The van der Waals surface area contributed by atoms with Gasteiger partial charge in [-0.25, -0.2) is 0 Å². The SMILES string of the molecule is C[C@H](O)[C@H]1CC[C@H](O)[C@@H]1O. The van der Waals surface area contributed by atoms with E-state index in [4.69, 9.17) is 10.2 Å². The minimum Gasteiger partial charge on any atom is -0.393 e. The van der Waals surface area contributed by atoms with Crippen LogP contribution >= 0.6 is 0 Å². The van der Waals surface area contributed by atoms with Crippen molar-refractivity contribution in [2.75, 3.05) is 0 Å². The van der Waals surface area contributed by atoms with Gasteiger partial charge in [0, 0.05) is 5.92 Å². The average molecular weight is 146 g/mol. The van der Waals surface area contributed by atoms with Crippen LogP contribution in [0.3, 0.4) is 0 Å². The summed E-state index contributed by atoms with van der Waals surface area (Å²) in [7, 11) is 0. The molecule has 0 saturated heterocycles. The molecule has 0 heterocycles. The third-order valence-electron chi connectivity index (χ3n) is 2.25. The van der Waals surface area contributed by atoms with Crippen molar-refractivity contribution in [2.45, 2.75) is 38.1 Å². The lowest BCUT2D eigenvalue weighted by atomic mass is 10.00. The Morgan fingerprint density at radius 3 is 2.10 bits per heavy atom. The second-order valence-corrected chi connectivity index (χ2v) is 3.04. The quantitative estimate of drug-likeness (QED) is 0.467. The lowest BCUT2D eigenvalue weighted by molar-refractivity contribution is -0.0148. The molecular formula is C7H14O3. The average Bonchev–Trinajstić information content (AvgIpc) is 2.14. The molecule has 0 radical (unpaired) electrons. The van der Waals surface area contributed by atoms with Crippen LogP contribution in [0.25, 0.3) is 0 Å². The summed E-state index contributed by atoms with van der Waals surface area (Å²) >= 11 is 0. The van der Waals surface area contributed by atoms with Crippen LogP contribution in [-0.2, 0) is 0 Å². The van der Waals surface area contributed by atoms with Crippen LogP contribution in [0.2, 0.25) is 0 Å². The van der Waals surface area contributed by atoms with Crippen molar-refractivity contribution in [2.24, 2.45) is 5.92 Å². The van der Waals surface area contributed by atoms with Crippen LogP contribution in [0, 0.1) is 5.92 Å². The molecule has 0 aliphatic heterocycles. The summed E-state index contributed by atoms with van der Waals surface area (Å²) < 4.78 is 0. The highest BCUT2D eigenvalue weighted by Crippen LogP contribution is 2.28. The third-order valence-corrected chi connectivity index (χ3v) is 2.25. The molecule has 1 fully saturated rings. The van der Waals surface area contributed by atoms with Gasteiger partial charge < -0.3 is 15.3 Å². The zero-order valence-electron chi connectivity index (χ0n) is 6.07. The number of aliphatic hydroxyl groups excluding tert-OH is 3. The van der Waals surface area contributed by atoms with Crippen LogP contribution in [0.5, 0.6) is 0 Å². The van der Waals surface area contributed by atoms with Gasteiger partial charge in [0.15, 0.2) is 0 Å². The molecule has 1 rings (SSSR count). The van der Waals surface area contributed by atoms with Crippen LogP contribution in [0.1, 0.15) is 19.8 Å². The number of hydrogen-bond donors (Lipinski definition) is 3. The fourth-order valence-corrected chi connectivity index (χ4v) is 1.52. The number of rotatable bonds is 1. The van der Waals surface area contributed by atoms with Gasteiger partial charge in [-0.05, 0) is 19.8 Å². The van der Waals surface area contributed by atoms with Crippen LogP contribution in [0.15, 0.2) is 0 Å².